The van der Waals surface area contributed by atoms with E-state index in [4.69, 9.17) is 0 Å². The fraction of sp³-hybridized carbons (Fsp3) is 1.00. The molecule has 0 radical (unpaired) electrons. The highest BCUT2D eigenvalue weighted by Crippen LogP contribution is 2.28. The Hall–Kier alpha value is 0.630. The van der Waals surface area contributed by atoms with Crippen LogP contribution in [0.4, 0.5) is 4.39 Å². The molecule has 0 aliphatic heterocycles. The average molecular weight is 168 g/mol. The number of hydrogen-bond donors (Lipinski definition) is 0. The van der Waals surface area contributed by atoms with Gasteiger partial charge in [0.05, 0.1) is 0 Å². The Morgan fingerprint density at radius 1 is 1.44 bits per heavy atom. The number of hydrogen-bond acceptors (Lipinski definition) is 2. The maximum Gasteiger partial charge on any atom is 0.102 e. The Kier molecular flexibility index (Phi) is 5.80. The first-order chi connectivity index (χ1) is 4.22. The average Bonchev–Trinajstić information content (AvgIpc) is 1.82. The van der Waals surface area contributed by atoms with E-state index in [9.17, 15) is 4.39 Å². The Morgan fingerprint density at radius 3 is 2.11 bits per heavy atom. The molecule has 0 spiro atoms. The van der Waals surface area contributed by atoms with Crippen molar-refractivity contribution in [1.82, 2.24) is 0 Å². The number of rotatable bonds is 4. The molecule has 3 heteroatoms. The molecular weight excluding hydrogens is 155 g/mol. The van der Waals surface area contributed by atoms with Gasteiger partial charge in [-0.15, -0.1) is 0 Å². The molecule has 0 aromatic heterocycles. The molecule has 9 heavy (non-hydrogen) atoms. The summed E-state index contributed by atoms with van der Waals surface area (Å²) in [7, 11) is 3.27. The lowest BCUT2D eigenvalue weighted by Gasteiger charge is -2.13. The van der Waals surface area contributed by atoms with Gasteiger partial charge >= 0.3 is 0 Å². The second-order valence-electron chi connectivity index (χ2n) is 2.20. The Bertz CT molecular complexity index is 66.1. The Balaban J connectivity index is 3.41. The van der Waals surface area contributed by atoms with Gasteiger partial charge in [0.25, 0.3) is 0 Å². The minimum atomic E-state index is -0.205. The first-order valence-electron chi connectivity index (χ1n) is 2.97. The molecule has 0 aliphatic rings. The third-order valence-electron chi connectivity index (χ3n) is 1.12. The van der Waals surface area contributed by atoms with E-state index in [1.807, 2.05) is 20.1 Å². The van der Waals surface area contributed by atoms with Crippen LogP contribution in [0.1, 0.15) is 13.8 Å². The third-order valence-corrected chi connectivity index (χ3v) is 3.54. The van der Waals surface area contributed by atoms with Crippen molar-refractivity contribution in [3.63, 3.8) is 0 Å². The van der Waals surface area contributed by atoms with Crippen molar-refractivity contribution < 1.29 is 4.39 Å². The molecule has 0 aromatic carbocycles. The summed E-state index contributed by atoms with van der Waals surface area (Å²) in [5.74, 6) is 0.451. The maximum absolute atomic E-state index is 12.1. The Labute approximate surface area is 64.4 Å². The summed E-state index contributed by atoms with van der Waals surface area (Å²) in [6.07, 6.45) is 1.98. The van der Waals surface area contributed by atoms with Gasteiger partial charge in [0, 0.05) is 5.25 Å². The van der Waals surface area contributed by atoms with Gasteiger partial charge in [0.2, 0.25) is 0 Å². The standard InChI is InChI=1S/C6H13FS2/c1-5(2)6(4-7)9-8-3/h5-6H,4H2,1-3H3/t6-/m0/s1. The van der Waals surface area contributed by atoms with Crippen LogP contribution in [0.25, 0.3) is 0 Å². The SMILES string of the molecule is CSS[C@@H](CF)C(C)C. The third kappa shape index (κ3) is 4.09. The smallest absolute Gasteiger partial charge is 0.102 e. The van der Waals surface area contributed by atoms with Crippen LogP contribution in [0.15, 0.2) is 0 Å². The predicted octanol–water partition coefficient (Wildman–Crippen LogP) is 2.99. The van der Waals surface area contributed by atoms with E-state index in [1.54, 1.807) is 21.6 Å². The molecule has 0 fully saturated rings. The molecule has 0 saturated heterocycles. The highest BCUT2D eigenvalue weighted by molar-refractivity contribution is 8.76. The molecule has 0 rings (SSSR count). The molecule has 0 aromatic rings. The predicted molar refractivity (Wildman–Crippen MR) is 45.7 cm³/mol. The van der Waals surface area contributed by atoms with Gasteiger partial charge in [-0.25, -0.2) is 4.39 Å². The summed E-state index contributed by atoms with van der Waals surface area (Å²) in [4.78, 5) is 0. The van der Waals surface area contributed by atoms with Gasteiger partial charge < -0.3 is 0 Å². The normalized spacial score (nSPS) is 14.3. The van der Waals surface area contributed by atoms with Crippen LogP contribution >= 0.6 is 21.6 Å². The van der Waals surface area contributed by atoms with E-state index in [0.717, 1.165) is 0 Å². The van der Waals surface area contributed by atoms with Crippen LogP contribution in [0.3, 0.4) is 0 Å². The molecule has 0 N–H and O–H groups in total. The van der Waals surface area contributed by atoms with Crippen LogP contribution in [0.5, 0.6) is 0 Å². The second kappa shape index (κ2) is 5.42. The summed E-state index contributed by atoms with van der Waals surface area (Å²) >= 11 is 0. The van der Waals surface area contributed by atoms with Crippen molar-refractivity contribution in [3.05, 3.63) is 0 Å². The first-order valence-corrected chi connectivity index (χ1v) is 5.60. The molecule has 0 saturated carbocycles. The molecule has 0 aliphatic carbocycles. The van der Waals surface area contributed by atoms with Crippen molar-refractivity contribution in [2.75, 3.05) is 12.9 Å². The largest absolute Gasteiger partial charge is 0.250 e. The summed E-state index contributed by atoms with van der Waals surface area (Å²) in [6, 6.07) is 0. The zero-order valence-electron chi connectivity index (χ0n) is 6.06. The van der Waals surface area contributed by atoms with Crippen LogP contribution < -0.4 is 0 Å². The van der Waals surface area contributed by atoms with Crippen LogP contribution in [0.2, 0.25) is 0 Å². The fourth-order valence-electron chi connectivity index (χ4n) is 0.439. The Morgan fingerprint density at radius 2 is 2.00 bits per heavy atom. The molecule has 0 nitrogen and oxygen atoms in total. The van der Waals surface area contributed by atoms with Crippen LogP contribution in [-0.2, 0) is 0 Å². The minimum absolute atomic E-state index is 0.181. The highest BCUT2D eigenvalue weighted by atomic mass is 33.1. The number of halogens is 1. The summed E-state index contributed by atoms with van der Waals surface area (Å²) in [6.45, 7) is 3.89. The quantitative estimate of drug-likeness (QED) is 0.592. The van der Waals surface area contributed by atoms with Crippen molar-refractivity contribution in [3.8, 4) is 0 Å². The van der Waals surface area contributed by atoms with Gasteiger partial charge in [0.15, 0.2) is 0 Å². The van der Waals surface area contributed by atoms with Gasteiger partial charge in [-0.1, -0.05) is 35.4 Å². The zero-order chi connectivity index (χ0) is 7.28. The maximum atomic E-state index is 12.1. The molecule has 1 atom stereocenters. The lowest BCUT2D eigenvalue weighted by atomic mass is 10.1. The van der Waals surface area contributed by atoms with E-state index in [-0.39, 0.29) is 11.9 Å². The lowest BCUT2D eigenvalue weighted by Crippen LogP contribution is -2.11. The van der Waals surface area contributed by atoms with E-state index < -0.39 is 0 Å². The van der Waals surface area contributed by atoms with Crippen molar-refractivity contribution >= 4 is 21.6 Å². The molecule has 0 unspecified atom stereocenters. The fourth-order valence-corrected chi connectivity index (χ4v) is 2.52. The van der Waals surface area contributed by atoms with Crippen LogP contribution in [0, 0.1) is 5.92 Å². The van der Waals surface area contributed by atoms with E-state index in [2.05, 4.69) is 0 Å². The van der Waals surface area contributed by atoms with Crippen LogP contribution in [-0.4, -0.2) is 18.2 Å². The highest BCUT2D eigenvalue weighted by Gasteiger charge is 2.12. The summed E-state index contributed by atoms with van der Waals surface area (Å²) in [5, 5.41) is 0.181. The molecule has 0 bridgehead atoms. The van der Waals surface area contributed by atoms with E-state index >= 15 is 0 Å². The van der Waals surface area contributed by atoms with Crippen molar-refractivity contribution in [2.45, 2.75) is 19.1 Å². The van der Waals surface area contributed by atoms with Gasteiger partial charge in [-0.2, -0.15) is 0 Å². The molecular formula is C6H13FS2. The van der Waals surface area contributed by atoms with Gasteiger partial charge in [-0.3, -0.25) is 0 Å². The first kappa shape index (κ1) is 9.63. The van der Waals surface area contributed by atoms with E-state index in [0.29, 0.717) is 5.92 Å². The minimum Gasteiger partial charge on any atom is -0.250 e. The molecule has 0 heterocycles. The van der Waals surface area contributed by atoms with Gasteiger partial charge in [0.1, 0.15) is 6.67 Å². The molecule has 0 amide bonds. The summed E-state index contributed by atoms with van der Waals surface area (Å²) < 4.78 is 12.1. The van der Waals surface area contributed by atoms with E-state index in [1.165, 1.54) is 0 Å². The second-order valence-corrected chi connectivity index (χ2v) is 4.91. The number of alkyl halides is 1. The summed E-state index contributed by atoms with van der Waals surface area (Å²) in [5.41, 5.74) is 0. The van der Waals surface area contributed by atoms with Gasteiger partial charge in [-0.05, 0) is 12.2 Å². The molecule has 56 valence electrons. The zero-order valence-corrected chi connectivity index (χ0v) is 7.69. The monoisotopic (exact) mass is 168 g/mol. The lowest BCUT2D eigenvalue weighted by molar-refractivity contribution is 0.433. The van der Waals surface area contributed by atoms with Crippen molar-refractivity contribution in [2.24, 2.45) is 5.92 Å². The topological polar surface area (TPSA) is 0 Å². The van der Waals surface area contributed by atoms with Crippen molar-refractivity contribution in [1.29, 1.82) is 0 Å².